The van der Waals surface area contributed by atoms with Crippen LogP contribution in [0.2, 0.25) is 0 Å². The molecule has 0 radical (unpaired) electrons. The number of nitrogens with one attached hydrogen (secondary N) is 1. The third-order valence-electron chi connectivity index (χ3n) is 6.78. The Morgan fingerprint density at radius 1 is 0.931 bits per heavy atom. The van der Waals surface area contributed by atoms with Crippen LogP contribution in [0.25, 0.3) is 0 Å². The largest absolute Gasteiger partial charge is 0.496 e. The predicted molar refractivity (Wildman–Crippen MR) is 114 cm³/mol. The van der Waals surface area contributed by atoms with Crippen LogP contribution in [0.4, 0.5) is 0 Å². The van der Waals surface area contributed by atoms with Crippen molar-refractivity contribution >= 4 is 5.91 Å². The lowest BCUT2D eigenvalue weighted by Crippen LogP contribution is -2.49. The van der Waals surface area contributed by atoms with Gasteiger partial charge in [-0.3, -0.25) is 4.79 Å². The van der Waals surface area contributed by atoms with Gasteiger partial charge in [0, 0.05) is 23.9 Å². The number of hydrogen-bond acceptors (Lipinski definition) is 2. The van der Waals surface area contributed by atoms with Crippen molar-refractivity contribution in [2.75, 3.05) is 7.11 Å². The molecule has 3 aromatic rings. The van der Waals surface area contributed by atoms with Crippen LogP contribution in [-0.4, -0.2) is 13.0 Å². The Balaban J connectivity index is 1.50. The van der Waals surface area contributed by atoms with E-state index >= 15 is 0 Å². The number of amides is 1. The Hall–Kier alpha value is -3.07. The maximum Gasteiger partial charge on any atom is 0.227 e. The summed E-state index contributed by atoms with van der Waals surface area (Å²) in [5, 5.41) is 3.21. The quantitative estimate of drug-likeness (QED) is 0.689. The van der Waals surface area contributed by atoms with Gasteiger partial charge in [-0.15, -0.1) is 0 Å². The molecule has 3 aliphatic rings. The van der Waals surface area contributed by atoms with Crippen molar-refractivity contribution in [2.45, 2.75) is 31.7 Å². The number of carbonyl (C=O) groups is 1. The molecule has 0 aliphatic heterocycles. The van der Waals surface area contributed by atoms with E-state index in [4.69, 9.17) is 4.74 Å². The molecular weight excluding hydrogens is 358 g/mol. The summed E-state index contributed by atoms with van der Waals surface area (Å²) in [7, 11) is 1.66. The molecule has 3 heteroatoms. The molecule has 1 atom stereocenters. The Morgan fingerprint density at radius 3 is 2.10 bits per heavy atom. The molecule has 0 fully saturated rings. The molecule has 0 saturated carbocycles. The Labute approximate surface area is 171 Å². The van der Waals surface area contributed by atoms with Crippen molar-refractivity contribution in [3.8, 4) is 5.75 Å². The van der Waals surface area contributed by atoms with Crippen LogP contribution < -0.4 is 10.1 Å². The summed E-state index contributed by atoms with van der Waals surface area (Å²) >= 11 is 0. The standard InChI is InChI=1S/C26H25NO2/c1-26(25(28)27-16-17-9-3-8-14-23(17)29-2)15-22-18-10-4-6-12-20(18)24(26)21-13-7-5-11-19(21)22/h3-14,22,24H,15-16H2,1-2H3,(H,27,28). The fraction of sp³-hybridized carbons (Fsp3) is 0.269. The number of rotatable bonds is 4. The molecule has 0 spiro atoms. The normalized spacial score (nSPS) is 23.8. The highest BCUT2D eigenvalue weighted by Gasteiger charge is 2.53. The Morgan fingerprint density at radius 2 is 1.48 bits per heavy atom. The first-order valence-corrected chi connectivity index (χ1v) is 10.2. The van der Waals surface area contributed by atoms with Crippen LogP contribution >= 0.6 is 0 Å². The van der Waals surface area contributed by atoms with E-state index in [1.807, 2.05) is 24.3 Å². The van der Waals surface area contributed by atoms with E-state index in [-0.39, 0.29) is 17.7 Å². The van der Waals surface area contributed by atoms with Crippen LogP contribution in [-0.2, 0) is 11.3 Å². The van der Waals surface area contributed by atoms with Crippen molar-refractivity contribution < 1.29 is 9.53 Å². The van der Waals surface area contributed by atoms with Gasteiger partial charge in [0.05, 0.1) is 12.5 Å². The number of fused-ring (bicyclic) bond motifs is 1. The Bertz CT molecular complexity index is 1040. The molecule has 1 amide bonds. The number of ether oxygens (including phenoxy) is 1. The van der Waals surface area contributed by atoms with Gasteiger partial charge in [-0.1, -0.05) is 66.7 Å². The summed E-state index contributed by atoms with van der Waals surface area (Å²) in [6, 6.07) is 25.1. The van der Waals surface area contributed by atoms with Crippen LogP contribution in [0.3, 0.4) is 0 Å². The second-order valence-corrected chi connectivity index (χ2v) is 8.36. The van der Waals surface area contributed by atoms with Gasteiger partial charge in [0.2, 0.25) is 5.91 Å². The van der Waals surface area contributed by atoms with Crippen LogP contribution in [0, 0.1) is 5.41 Å². The maximum absolute atomic E-state index is 13.6. The van der Waals surface area contributed by atoms with Gasteiger partial charge in [0.25, 0.3) is 0 Å². The summed E-state index contributed by atoms with van der Waals surface area (Å²) in [5.74, 6) is 1.27. The summed E-state index contributed by atoms with van der Waals surface area (Å²) < 4.78 is 5.44. The highest BCUT2D eigenvalue weighted by atomic mass is 16.5. The minimum atomic E-state index is -0.477. The van der Waals surface area contributed by atoms with Gasteiger partial charge < -0.3 is 10.1 Å². The lowest BCUT2D eigenvalue weighted by molar-refractivity contribution is -0.132. The molecule has 146 valence electrons. The van der Waals surface area contributed by atoms with E-state index in [2.05, 4.69) is 60.8 Å². The minimum Gasteiger partial charge on any atom is -0.496 e. The molecular formula is C26H25NO2. The van der Waals surface area contributed by atoms with Gasteiger partial charge in [0.15, 0.2) is 0 Å². The second kappa shape index (κ2) is 6.77. The zero-order valence-corrected chi connectivity index (χ0v) is 16.8. The van der Waals surface area contributed by atoms with Gasteiger partial charge >= 0.3 is 0 Å². The molecule has 3 aromatic carbocycles. The van der Waals surface area contributed by atoms with E-state index in [0.717, 1.165) is 17.7 Å². The second-order valence-electron chi connectivity index (χ2n) is 8.36. The molecule has 0 saturated heterocycles. The van der Waals surface area contributed by atoms with Gasteiger partial charge in [-0.05, 0) is 41.7 Å². The predicted octanol–water partition coefficient (Wildman–Crippen LogP) is 5.00. The first-order valence-electron chi connectivity index (χ1n) is 10.2. The van der Waals surface area contributed by atoms with Gasteiger partial charge in [-0.2, -0.15) is 0 Å². The number of hydrogen-bond donors (Lipinski definition) is 1. The van der Waals surface area contributed by atoms with Crippen LogP contribution in [0.15, 0.2) is 72.8 Å². The third-order valence-corrected chi connectivity index (χ3v) is 6.78. The van der Waals surface area contributed by atoms with Crippen molar-refractivity contribution in [3.05, 3.63) is 101 Å². The van der Waals surface area contributed by atoms with E-state index in [1.165, 1.54) is 22.3 Å². The average Bonchev–Trinajstić information content (AvgIpc) is 2.77. The summed E-state index contributed by atoms with van der Waals surface area (Å²) in [6.45, 7) is 2.60. The fourth-order valence-corrected chi connectivity index (χ4v) is 5.42. The summed E-state index contributed by atoms with van der Waals surface area (Å²) in [4.78, 5) is 13.6. The van der Waals surface area contributed by atoms with Crippen molar-refractivity contribution in [3.63, 3.8) is 0 Å². The first kappa shape index (κ1) is 18.0. The van der Waals surface area contributed by atoms with E-state index in [0.29, 0.717) is 6.54 Å². The molecule has 6 rings (SSSR count). The lowest BCUT2D eigenvalue weighted by atomic mass is 9.52. The molecule has 1 unspecified atom stereocenters. The SMILES string of the molecule is COc1ccccc1CNC(=O)C1(C)CC2c3ccccc3C1c1ccccc12. The van der Waals surface area contributed by atoms with Crippen molar-refractivity contribution in [1.29, 1.82) is 0 Å². The number of carbonyl (C=O) groups excluding carboxylic acids is 1. The Kier molecular flexibility index (Phi) is 4.20. The van der Waals surface area contributed by atoms with Crippen LogP contribution in [0.5, 0.6) is 5.75 Å². The highest BCUT2D eigenvalue weighted by Crippen LogP contribution is 2.60. The number of para-hydroxylation sites is 1. The zero-order chi connectivity index (χ0) is 20.0. The molecule has 2 bridgehead atoms. The smallest absolute Gasteiger partial charge is 0.227 e. The molecule has 0 aromatic heterocycles. The molecule has 29 heavy (non-hydrogen) atoms. The highest BCUT2D eigenvalue weighted by molar-refractivity contribution is 5.86. The molecule has 0 heterocycles. The summed E-state index contributed by atoms with van der Waals surface area (Å²) in [6.07, 6.45) is 0.837. The van der Waals surface area contributed by atoms with Gasteiger partial charge in [0.1, 0.15) is 5.75 Å². The van der Waals surface area contributed by atoms with E-state index in [9.17, 15) is 4.79 Å². The molecule has 3 nitrogen and oxygen atoms in total. The van der Waals surface area contributed by atoms with Gasteiger partial charge in [-0.25, -0.2) is 0 Å². The third kappa shape index (κ3) is 2.68. The molecule has 1 N–H and O–H groups in total. The number of methoxy groups -OCH3 is 1. The van der Waals surface area contributed by atoms with Crippen molar-refractivity contribution in [2.24, 2.45) is 5.41 Å². The first-order chi connectivity index (χ1) is 14.1. The lowest BCUT2D eigenvalue weighted by Gasteiger charge is -2.50. The van der Waals surface area contributed by atoms with Crippen LogP contribution in [0.1, 0.15) is 53.0 Å². The molecule has 3 aliphatic carbocycles. The number of benzene rings is 3. The monoisotopic (exact) mass is 383 g/mol. The van der Waals surface area contributed by atoms with E-state index in [1.54, 1.807) is 7.11 Å². The van der Waals surface area contributed by atoms with Crippen molar-refractivity contribution in [1.82, 2.24) is 5.32 Å². The average molecular weight is 383 g/mol. The topological polar surface area (TPSA) is 38.3 Å². The minimum absolute atomic E-state index is 0.0811. The fourth-order valence-electron chi connectivity index (χ4n) is 5.42. The summed E-state index contributed by atoms with van der Waals surface area (Å²) in [5.41, 5.74) is 5.89. The zero-order valence-electron chi connectivity index (χ0n) is 16.8. The maximum atomic E-state index is 13.6. The van der Waals surface area contributed by atoms with E-state index < -0.39 is 5.41 Å².